The molecular formula is C96H126B19Cl3N11O8. The number of fused-ring (bicyclic) bond motifs is 6. The number of nitrogens with zero attached hydrogens (tertiary/aromatic N) is 8. The highest BCUT2D eigenvalue weighted by molar-refractivity contribution is 8.18. The van der Waals surface area contributed by atoms with E-state index in [1.165, 1.54) is 55.4 Å². The number of H-pyrrole nitrogens is 3. The average Bonchev–Trinajstić information content (AvgIpc) is 1.58. The van der Waals surface area contributed by atoms with Gasteiger partial charge in [-0.1, -0.05) is 115 Å². The number of rotatable bonds is 29. The zero-order valence-corrected chi connectivity index (χ0v) is 85.1. The normalized spacial score (nSPS) is 26.4. The van der Waals surface area contributed by atoms with Crippen LogP contribution in [-0.4, -0.2) is 260 Å². The third-order valence-corrected chi connectivity index (χ3v) is 36.6. The molecule has 9 aliphatic carbocycles. The van der Waals surface area contributed by atoms with E-state index in [0.29, 0.717) is 82.7 Å². The summed E-state index contributed by atoms with van der Waals surface area (Å²) in [5.41, 5.74) is 11.4. The molecule has 3 aromatic carbocycles. The minimum absolute atomic E-state index is 0.0555. The van der Waals surface area contributed by atoms with E-state index in [0.717, 1.165) is 186 Å². The van der Waals surface area contributed by atoms with Crippen molar-refractivity contribution in [2.24, 2.45) is 73.9 Å². The number of halogens is 3. The number of aromatic carboxylic acids is 1. The van der Waals surface area contributed by atoms with Gasteiger partial charge in [-0.15, -0.1) is 0 Å². The van der Waals surface area contributed by atoms with Gasteiger partial charge in [-0.25, -0.2) is 4.79 Å². The second-order valence-electron chi connectivity index (χ2n) is 44.7. The van der Waals surface area contributed by atoms with Gasteiger partial charge in [-0.05, 0) is 294 Å². The Hall–Kier alpha value is -6.77. The molecule has 691 valence electrons. The van der Waals surface area contributed by atoms with Crippen LogP contribution in [0.5, 0.6) is 0 Å². The zero-order chi connectivity index (χ0) is 102. The van der Waals surface area contributed by atoms with Crippen LogP contribution in [-0.2, 0) is 33.6 Å². The van der Waals surface area contributed by atoms with Crippen LogP contribution in [0.1, 0.15) is 291 Å². The first-order valence-electron chi connectivity index (χ1n) is 50.9. The number of aryl methyl sites for hydroxylation is 1. The van der Waals surface area contributed by atoms with E-state index in [1.807, 2.05) is 98.0 Å². The Balaban J connectivity index is 0.000000152. The van der Waals surface area contributed by atoms with Crippen molar-refractivity contribution in [2.75, 3.05) is 13.1 Å². The number of Topliss-reactive ketones (excluding diaryl/α,β-unsaturated/α-hetero) is 2. The quantitative estimate of drug-likeness (QED) is 0.0276. The van der Waals surface area contributed by atoms with E-state index in [2.05, 4.69) is 100 Å². The van der Waals surface area contributed by atoms with Crippen molar-refractivity contribution in [3.8, 4) is 0 Å². The number of aliphatic carboxylic acids is 1. The Morgan fingerprint density at radius 2 is 0.759 bits per heavy atom. The maximum atomic E-state index is 14.2. The highest BCUT2D eigenvalue weighted by Gasteiger charge is 2.65. The number of amides is 2. The van der Waals surface area contributed by atoms with Crippen LogP contribution in [0.25, 0.3) is 32.7 Å². The van der Waals surface area contributed by atoms with Gasteiger partial charge in [0.15, 0.2) is 0 Å². The minimum Gasteiger partial charge on any atom is -0.481 e. The van der Waals surface area contributed by atoms with Crippen LogP contribution < -0.4 is 0 Å². The highest BCUT2D eigenvalue weighted by Crippen LogP contribution is 2.70. The molecule has 9 saturated carbocycles. The molecule has 6 heterocycles. The molecule has 9 aliphatic rings. The predicted molar refractivity (Wildman–Crippen MR) is 579 cm³/mol. The Morgan fingerprint density at radius 3 is 1.05 bits per heavy atom. The first-order chi connectivity index (χ1) is 65.6. The Kier molecular flexibility index (Phi) is 32.5. The van der Waals surface area contributed by atoms with Crippen molar-refractivity contribution in [2.45, 2.75) is 275 Å². The number of hydrogen-bond donors (Lipinski definition) is 5. The van der Waals surface area contributed by atoms with Crippen molar-refractivity contribution >= 4 is 238 Å². The van der Waals surface area contributed by atoms with Crippen LogP contribution in [0.15, 0.2) is 91.8 Å². The maximum Gasteiger partial charge on any atom is 0.339 e. The summed E-state index contributed by atoms with van der Waals surface area (Å²) in [5.74, 6) is 4.86. The van der Waals surface area contributed by atoms with Gasteiger partial charge in [-0.3, -0.25) is 38.0 Å². The Bertz CT molecular complexity index is 5560. The standard InChI is InChI=1S/C32H41ClN4O2.C31H39ClN4O3.C19H24ClN.C14H20N2O3.B19.H2/c1-19-24(18-35-37(19)22-9-12-32(5,13-10-22)20(2)38)30(39)36(23-15-25-26(16-23)31(25,3)4)14-11-21-17-34-28-8-6-7-27(33)29(21)28;1-18-22(17-34-36(18)20-8-11-31(4,12-9-20)29(38)39)28(37)35(21-14-23-24(15-21)30(23,2)3)13-10-19-16-33-26-7-5-6-25(32)27(19)26;1-19(2)14-9-12(10-15(14)19)5-3-6-13-11-21-17-8-4-7-16(20)18(13)17;1-9-12(13(18)19)8-15-16(9)11-4-6-14(3,7-5-11)10(2)17;1-11-16(10)19(17(12(2)3)13(4)5)18(14(6)7)15(8)9;/h6-8,17-18,22-23,25-26,34H,9-16H2,1-5H3;5-7,16-17,20-21,23-24,33H,8-15H2,1-4H3,(H,38,39);4,7-8,11-12,14-15,21H,3,5-6,9-10H2,1-2H3;8,11H,4-7H2,1-3H3,(H,18,19);;1H/t22?,23?,25-,26+,32?;20?,21?,23-,24+,31?;12?,14-,15+;;;/i;;;;;1+1D. The maximum absolute atomic E-state index is 14.2. The summed E-state index contributed by atoms with van der Waals surface area (Å²) in [6.45, 7) is 30.7. The first-order valence-corrected chi connectivity index (χ1v) is 51.0. The number of carboxylic acid groups (broad SMARTS) is 2. The molecule has 0 aliphatic heterocycles. The predicted octanol–water partition coefficient (Wildman–Crippen LogP) is 15.2. The lowest BCUT2D eigenvalue weighted by Crippen LogP contribution is -2.79. The van der Waals surface area contributed by atoms with Gasteiger partial charge in [0.1, 0.15) is 17.1 Å². The molecule has 0 spiro atoms. The van der Waals surface area contributed by atoms with Gasteiger partial charge in [0.25, 0.3) is 11.8 Å². The monoisotopic (exact) mass is 1880 g/mol. The molecular weight excluding hydrogens is 1750 g/mol. The van der Waals surface area contributed by atoms with E-state index in [-0.39, 0.29) is 70.0 Å². The SMILES string of the molecule is CC(=O)C1(C)CCC(n2ncc(C(=O)N(CCc3c[nH]c4cccc(Cl)c34)C3C[C@@H]4[C@H](C3)C4(C)C)c2C)CC1.CC(=O)C1(C)CCC(n2ncc(C(=O)O)c2C)CC1.CC1(C)[C@@H]2CC(CCCc3c[nH]c4cccc(Cl)c34)C[C@@H]21.Cc1c(C(=O)N(CCc2c[nH]c3cccc(Cl)c23)C2C[C@@H]3[C@H](C2)C3(C)C)cnn1C1CCC(C)(C(=O)O)CC1.[2H][2H].[B][B]B([B])B(B(B([B])[B])B([B])[B])B(B([B])[B])B([B])[B]. The molecule has 2 amide bonds. The number of carbonyl (C=O) groups is 6. The summed E-state index contributed by atoms with van der Waals surface area (Å²) < 4.78 is 15.8. The van der Waals surface area contributed by atoms with E-state index >= 15 is 0 Å². The van der Waals surface area contributed by atoms with Gasteiger partial charge in [0.05, 0.1) is 74.0 Å². The first kappa shape index (κ1) is 105. The zero-order valence-electron chi connectivity index (χ0n) is 84.8. The molecule has 9 aromatic rings. The number of nitrogens with one attached hydrogen (secondary N) is 3. The largest absolute Gasteiger partial charge is 0.481 e. The lowest BCUT2D eigenvalue weighted by atomic mass is 8.40. The molecule has 9 fully saturated rings. The lowest BCUT2D eigenvalue weighted by Gasteiger charge is -2.41. The van der Waals surface area contributed by atoms with Crippen LogP contribution in [0.2, 0.25) is 15.1 Å². The number of carbonyl (C=O) groups excluding carboxylic acids is 4. The topological polar surface area (TPSA) is 250 Å². The van der Waals surface area contributed by atoms with Crippen molar-refractivity contribution in [1.29, 1.82) is 0 Å². The van der Waals surface area contributed by atoms with Gasteiger partial charge < -0.3 is 35.0 Å². The number of aromatic nitrogens is 9. The Morgan fingerprint density at radius 1 is 0.460 bits per heavy atom. The molecule has 19 nitrogen and oxygen atoms in total. The van der Waals surface area contributed by atoms with Gasteiger partial charge >= 0.3 is 11.9 Å². The second kappa shape index (κ2) is 42.6. The van der Waals surface area contributed by atoms with Gasteiger partial charge in [0.2, 0.25) is 0 Å². The van der Waals surface area contributed by atoms with E-state index in [1.54, 1.807) is 33.2 Å². The summed E-state index contributed by atoms with van der Waals surface area (Å²) in [5, 5.41) is 37.9. The molecule has 3 unspecified atom stereocenters. The van der Waals surface area contributed by atoms with E-state index in [4.69, 9.17) is 125 Å². The van der Waals surface area contributed by atoms with Crippen molar-refractivity contribution in [3.05, 3.63) is 157 Å². The molecule has 18 rings (SSSR count). The van der Waals surface area contributed by atoms with Gasteiger partial charge in [-0.2, -0.15) is 15.3 Å². The molecule has 0 saturated heterocycles. The van der Waals surface area contributed by atoms with E-state index in [9.17, 15) is 33.9 Å². The third kappa shape index (κ3) is 22.2. The molecule has 0 bridgehead atoms. The summed E-state index contributed by atoms with van der Waals surface area (Å²) in [7, 11) is 58.4. The highest BCUT2D eigenvalue weighted by atomic mass is 35.5. The second-order valence-corrected chi connectivity index (χ2v) is 45.9. The van der Waals surface area contributed by atoms with Crippen molar-refractivity contribution in [1.82, 2.24) is 54.1 Å². The minimum atomic E-state index is -0.937. The fourth-order valence-electron chi connectivity index (χ4n) is 25.6. The average molecular weight is 1880 g/mol. The fraction of sp³-hybridized carbons (Fsp3) is 0.594. The molecule has 5 N–H and O–H groups in total. The molecule has 137 heavy (non-hydrogen) atoms. The molecule has 41 heteroatoms. The number of hydrogen-bond acceptors (Lipinski definition) is 9. The lowest BCUT2D eigenvalue weighted by molar-refractivity contribution is -0.150. The van der Waals surface area contributed by atoms with Crippen molar-refractivity contribution in [3.63, 3.8) is 0 Å². The number of carboxylic acids is 2. The smallest absolute Gasteiger partial charge is 0.339 e. The number of benzene rings is 3. The summed E-state index contributed by atoms with van der Waals surface area (Å²) in [6.07, 6.45) is 27.7. The van der Waals surface area contributed by atoms with Crippen LogP contribution in [0, 0.1) is 94.7 Å². The Labute approximate surface area is 847 Å². The summed E-state index contributed by atoms with van der Waals surface area (Å²) in [4.78, 5) is 89.1. The number of ketones is 2. The molecule has 21 radical (unpaired) electrons. The molecule has 9 atom stereocenters. The van der Waals surface area contributed by atoms with E-state index < -0.39 is 68.4 Å². The van der Waals surface area contributed by atoms with Crippen LogP contribution >= 0.6 is 34.8 Å². The summed E-state index contributed by atoms with van der Waals surface area (Å²) >= 11 is 19.5. The van der Waals surface area contributed by atoms with Crippen LogP contribution in [0.4, 0.5) is 0 Å². The number of aromatic amines is 3. The molecule has 6 aromatic heterocycles. The third-order valence-electron chi connectivity index (χ3n) is 35.6. The van der Waals surface area contributed by atoms with Crippen molar-refractivity contribution < 1.29 is 41.9 Å². The van der Waals surface area contributed by atoms with Crippen LogP contribution in [0.3, 0.4) is 0 Å². The fourth-order valence-corrected chi connectivity index (χ4v) is 26.5. The van der Waals surface area contributed by atoms with Gasteiger partial charge in [0, 0.05) is 237 Å². The summed E-state index contributed by atoms with van der Waals surface area (Å²) in [6, 6.07) is 19.0.